The molecule has 2 saturated heterocycles. The summed E-state index contributed by atoms with van der Waals surface area (Å²) in [6, 6.07) is 14.0. The fourth-order valence-corrected chi connectivity index (χ4v) is 5.52. The van der Waals surface area contributed by atoms with Gasteiger partial charge in [-0.3, -0.25) is 9.59 Å². The van der Waals surface area contributed by atoms with Gasteiger partial charge < -0.3 is 24.8 Å². The molecule has 2 aromatic carbocycles. The van der Waals surface area contributed by atoms with Crippen LogP contribution < -0.4 is 19.9 Å². The molecule has 7 heteroatoms. The van der Waals surface area contributed by atoms with Crippen LogP contribution in [0.4, 0.5) is 17.1 Å². The third-order valence-electron chi connectivity index (χ3n) is 7.71. The highest BCUT2D eigenvalue weighted by Crippen LogP contribution is 2.32. The van der Waals surface area contributed by atoms with Gasteiger partial charge in [-0.25, -0.2) is 0 Å². The quantitative estimate of drug-likeness (QED) is 0.351. The van der Waals surface area contributed by atoms with Crippen LogP contribution in [0.1, 0.15) is 75.1 Å². The SMILES string of the molecule is CCCCCCCCC(=O)Nc1ccc(N2CCN(c3ccccc3OC)CC2)c(C(=O)N2CCCC2)c1. The van der Waals surface area contributed by atoms with Crippen molar-refractivity contribution in [1.29, 1.82) is 0 Å². The first kappa shape index (κ1) is 27.8. The molecule has 2 aliphatic rings. The standard InChI is InChI=1S/C31H44N4O3/c1-3-4-5-6-7-8-15-30(36)32-25-16-17-27(26(24-25)31(37)35-18-11-12-19-35)33-20-22-34(23-21-33)28-13-9-10-14-29(28)38-2/h9-10,13-14,16-17,24H,3-8,11-12,15,18-23H2,1-2H3,(H,32,36). The number of rotatable bonds is 12. The summed E-state index contributed by atoms with van der Waals surface area (Å²) in [5.74, 6) is 0.974. The number of amides is 2. The lowest BCUT2D eigenvalue weighted by Gasteiger charge is -2.38. The van der Waals surface area contributed by atoms with E-state index in [2.05, 4.69) is 28.1 Å². The van der Waals surface area contributed by atoms with E-state index in [1.165, 1.54) is 25.7 Å². The first-order chi connectivity index (χ1) is 18.6. The normalized spacial score (nSPS) is 15.6. The maximum atomic E-state index is 13.6. The van der Waals surface area contributed by atoms with E-state index >= 15 is 0 Å². The number of unbranched alkanes of at least 4 members (excludes halogenated alkanes) is 5. The third kappa shape index (κ3) is 7.21. The zero-order chi connectivity index (χ0) is 26.7. The van der Waals surface area contributed by atoms with Gasteiger partial charge in [-0.15, -0.1) is 0 Å². The van der Waals surface area contributed by atoms with Gasteiger partial charge in [0.2, 0.25) is 5.91 Å². The molecular weight excluding hydrogens is 476 g/mol. The molecule has 1 N–H and O–H groups in total. The molecule has 2 aromatic rings. The number of hydrogen-bond donors (Lipinski definition) is 1. The molecule has 0 saturated carbocycles. The number of para-hydroxylation sites is 2. The molecule has 38 heavy (non-hydrogen) atoms. The molecule has 4 rings (SSSR count). The Morgan fingerprint density at radius 3 is 2.18 bits per heavy atom. The number of carbonyl (C=O) groups is 2. The molecule has 7 nitrogen and oxygen atoms in total. The number of nitrogens with one attached hydrogen (secondary N) is 1. The summed E-state index contributed by atoms with van der Waals surface area (Å²) in [6.45, 7) is 7.11. The van der Waals surface area contributed by atoms with Crippen LogP contribution in [0.15, 0.2) is 42.5 Å². The highest BCUT2D eigenvalue weighted by atomic mass is 16.5. The summed E-state index contributed by atoms with van der Waals surface area (Å²) >= 11 is 0. The zero-order valence-corrected chi connectivity index (χ0v) is 23.2. The number of hydrogen-bond acceptors (Lipinski definition) is 5. The van der Waals surface area contributed by atoms with Crippen molar-refractivity contribution in [2.24, 2.45) is 0 Å². The summed E-state index contributed by atoms with van der Waals surface area (Å²) in [6.07, 6.45) is 9.54. The van der Waals surface area contributed by atoms with E-state index in [-0.39, 0.29) is 11.8 Å². The average molecular weight is 521 g/mol. The fraction of sp³-hybridized carbons (Fsp3) is 0.548. The zero-order valence-electron chi connectivity index (χ0n) is 23.2. The van der Waals surface area contributed by atoms with Gasteiger partial charge in [-0.05, 0) is 49.6 Å². The minimum Gasteiger partial charge on any atom is -0.495 e. The smallest absolute Gasteiger partial charge is 0.256 e. The van der Waals surface area contributed by atoms with Crippen molar-refractivity contribution in [3.63, 3.8) is 0 Å². The van der Waals surface area contributed by atoms with Crippen molar-refractivity contribution in [2.75, 3.05) is 61.5 Å². The minimum atomic E-state index is 0.0261. The molecule has 2 aliphatic heterocycles. The number of carbonyl (C=O) groups excluding carboxylic acids is 2. The monoisotopic (exact) mass is 520 g/mol. The first-order valence-electron chi connectivity index (χ1n) is 14.5. The number of likely N-dealkylation sites (tertiary alicyclic amines) is 1. The van der Waals surface area contributed by atoms with E-state index < -0.39 is 0 Å². The highest BCUT2D eigenvalue weighted by Gasteiger charge is 2.27. The van der Waals surface area contributed by atoms with Gasteiger partial charge in [0.25, 0.3) is 5.91 Å². The molecular formula is C31H44N4O3. The Kier molecular flexibility index (Phi) is 10.3. The number of ether oxygens (including phenoxy) is 1. The summed E-state index contributed by atoms with van der Waals surface area (Å²) in [5.41, 5.74) is 3.46. The van der Waals surface area contributed by atoms with Gasteiger partial charge in [-0.1, -0.05) is 51.2 Å². The lowest BCUT2D eigenvalue weighted by atomic mass is 10.1. The third-order valence-corrected chi connectivity index (χ3v) is 7.71. The van der Waals surface area contributed by atoms with Crippen LogP contribution >= 0.6 is 0 Å². The van der Waals surface area contributed by atoms with Crippen LogP contribution in [0.3, 0.4) is 0 Å². The van der Waals surface area contributed by atoms with E-state index in [0.717, 1.165) is 82.1 Å². The van der Waals surface area contributed by atoms with Crippen molar-refractivity contribution < 1.29 is 14.3 Å². The number of methoxy groups -OCH3 is 1. The van der Waals surface area contributed by atoms with E-state index in [0.29, 0.717) is 17.7 Å². The second-order valence-corrected chi connectivity index (χ2v) is 10.4. The second kappa shape index (κ2) is 14.1. The fourth-order valence-electron chi connectivity index (χ4n) is 5.52. The molecule has 2 amide bonds. The van der Waals surface area contributed by atoms with Crippen molar-refractivity contribution >= 4 is 28.9 Å². The largest absolute Gasteiger partial charge is 0.495 e. The predicted octanol–water partition coefficient (Wildman–Crippen LogP) is 5.95. The van der Waals surface area contributed by atoms with Crippen LogP contribution in [0.5, 0.6) is 5.75 Å². The molecule has 0 bridgehead atoms. The van der Waals surface area contributed by atoms with Crippen LogP contribution in [-0.4, -0.2) is 63.1 Å². The lowest BCUT2D eigenvalue weighted by Crippen LogP contribution is -2.47. The molecule has 0 atom stereocenters. The van der Waals surface area contributed by atoms with Crippen molar-refractivity contribution in [2.45, 2.75) is 64.7 Å². The molecule has 0 aliphatic carbocycles. The maximum absolute atomic E-state index is 13.6. The Morgan fingerprint density at radius 2 is 1.47 bits per heavy atom. The predicted molar refractivity (Wildman–Crippen MR) is 156 cm³/mol. The molecule has 2 fully saturated rings. The average Bonchev–Trinajstić information content (AvgIpc) is 3.50. The Hall–Kier alpha value is -3.22. The van der Waals surface area contributed by atoms with Gasteiger partial charge in [0, 0.05) is 57.1 Å². The summed E-state index contributed by atoms with van der Waals surface area (Å²) < 4.78 is 5.57. The Labute approximate surface area is 228 Å². The molecule has 0 radical (unpaired) electrons. The highest BCUT2D eigenvalue weighted by molar-refractivity contribution is 6.02. The Morgan fingerprint density at radius 1 is 0.816 bits per heavy atom. The molecule has 206 valence electrons. The number of benzene rings is 2. The molecule has 0 spiro atoms. The first-order valence-corrected chi connectivity index (χ1v) is 14.5. The topological polar surface area (TPSA) is 65.1 Å². The van der Waals surface area contributed by atoms with Crippen LogP contribution in [0, 0.1) is 0 Å². The summed E-state index contributed by atoms with van der Waals surface area (Å²) in [7, 11) is 1.71. The van der Waals surface area contributed by atoms with E-state index in [9.17, 15) is 9.59 Å². The Bertz CT molecular complexity index is 1060. The van der Waals surface area contributed by atoms with E-state index in [1.807, 2.05) is 41.3 Å². The van der Waals surface area contributed by atoms with Crippen molar-refractivity contribution in [3.05, 3.63) is 48.0 Å². The van der Waals surface area contributed by atoms with Gasteiger partial charge in [0.15, 0.2) is 0 Å². The summed E-state index contributed by atoms with van der Waals surface area (Å²) in [5, 5.41) is 3.05. The van der Waals surface area contributed by atoms with E-state index in [1.54, 1.807) is 7.11 Å². The van der Waals surface area contributed by atoms with Gasteiger partial charge in [0.1, 0.15) is 5.75 Å². The van der Waals surface area contributed by atoms with Crippen LogP contribution in [-0.2, 0) is 4.79 Å². The lowest BCUT2D eigenvalue weighted by molar-refractivity contribution is -0.116. The van der Waals surface area contributed by atoms with Crippen LogP contribution in [0.25, 0.3) is 0 Å². The Balaban J connectivity index is 1.43. The van der Waals surface area contributed by atoms with Crippen LogP contribution in [0.2, 0.25) is 0 Å². The number of piperazine rings is 1. The molecule has 0 aromatic heterocycles. The van der Waals surface area contributed by atoms with E-state index in [4.69, 9.17) is 4.74 Å². The van der Waals surface area contributed by atoms with Gasteiger partial charge >= 0.3 is 0 Å². The number of nitrogens with zero attached hydrogens (tertiary/aromatic N) is 3. The number of anilines is 3. The molecule has 2 heterocycles. The van der Waals surface area contributed by atoms with Gasteiger partial charge in [-0.2, -0.15) is 0 Å². The van der Waals surface area contributed by atoms with Gasteiger partial charge in [0.05, 0.1) is 18.4 Å². The minimum absolute atomic E-state index is 0.0261. The summed E-state index contributed by atoms with van der Waals surface area (Å²) in [4.78, 5) is 32.8. The maximum Gasteiger partial charge on any atom is 0.256 e. The van der Waals surface area contributed by atoms with Crippen molar-refractivity contribution in [3.8, 4) is 5.75 Å². The second-order valence-electron chi connectivity index (χ2n) is 10.4. The molecule has 0 unspecified atom stereocenters. The van der Waals surface area contributed by atoms with Crippen molar-refractivity contribution in [1.82, 2.24) is 4.90 Å².